The molecule has 0 aliphatic carbocycles. The molecule has 1 unspecified atom stereocenters. The Hall–Kier alpha value is -1.33. The van der Waals surface area contributed by atoms with Crippen molar-refractivity contribution in [3.8, 4) is 11.6 Å². The summed E-state index contributed by atoms with van der Waals surface area (Å²) in [7, 11) is 0. The number of aromatic nitrogens is 1. The van der Waals surface area contributed by atoms with Crippen LogP contribution in [0.1, 0.15) is 0 Å². The standard InChI is InChI=1S/C8H10NO4/c10-4-7(12)5-13-8-2-1-6(11)3-9-8/h1-3,7,10,12H,4-5H2. The van der Waals surface area contributed by atoms with E-state index in [0.29, 0.717) is 0 Å². The SMILES string of the molecule is [O]c1ccc(OCC(O)CO)nc1. The Bertz CT molecular complexity index is 249. The highest BCUT2D eigenvalue weighted by atomic mass is 16.5. The number of pyridine rings is 1. The first kappa shape index (κ1) is 9.76. The molecule has 1 rings (SSSR count). The first-order valence-corrected chi connectivity index (χ1v) is 3.77. The van der Waals surface area contributed by atoms with Gasteiger partial charge in [0.05, 0.1) is 12.8 Å². The average molecular weight is 184 g/mol. The quantitative estimate of drug-likeness (QED) is 0.687. The summed E-state index contributed by atoms with van der Waals surface area (Å²) in [5.41, 5.74) is 0. The summed E-state index contributed by atoms with van der Waals surface area (Å²) in [5, 5.41) is 28.0. The van der Waals surface area contributed by atoms with E-state index in [-0.39, 0.29) is 24.8 Å². The van der Waals surface area contributed by atoms with Gasteiger partial charge in [-0.3, -0.25) is 5.11 Å². The summed E-state index contributed by atoms with van der Waals surface area (Å²) >= 11 is 0. The second-order valence-electron chi connectivity index (χ2n) is 2.48. The van der Waals surface area contributed by atoms with Gasteiger partial charge in [0.2, 0.25) is 5.88 Å². The van der Waals surface area contributed by atoms with Crippen LogP contribution in [0.4, 0.5) is 0 Å². The molecule has 1 radical (unpaired) electrons. The molecule has 0 aliphatic rings. The number of aliphatic hydroxyl groups is 2. The van der Waals surface area contributed by atoms with Gasteiger partial charge in [0.1, 0.15) is 12.7 Å². The maximum atomic E-state index is 10.6. The van der Waals surface area contributed by atoms with E-state index in [4.69, 9.17) is 14.9 Å². The molecule has 0 aliphatic heterocycles. The van der Waals surface area contributed by atoms with E-state index in [2.05, 4.69) is 4.98 Å². The number of hydrogen-bond acceptors (Lipinski definition) is 4. The molecule has 1 heterocycles. The van der Waals surface area contributed by atoms with E-state index in [9.17, 15) is 5.11 Å². The molecule has 0 spiro atoms. The minimum absolute atomic E-state index is 0.0400. The van der Waals surface area contributed by atoms with Gasteiger partial charge in [0.25, 0.3) is 0 Å². The Labute approximate surface area is 75.2 Å². The van der Waals surface area contributed by atoms with Crippen LogP contribution in [-0.2, 0) is 5.11 Å². The molecule has 1 aromatic heterocycles. The van der Waals surface area contributed by atoms with Crippen LogP contribution < -0.4 is 4.74 Å². The zero-order chi connectivity index (χ0) is 9.68. The van der Waals surface area contributed by atoms with Crippen LogP contribution in [0.3, 0.4) is 0 Å². The molecule has 0 saturated heterocycles. The fourth-order valence-electron chi connectivity index (χ4n) is 0.686. The topological polar surface area (TPSA) is 82.5 Å². The van der Waals surface area contributed by atoms with Gasteiger partial charge in [-0.2, -0.15) is 0 Å². The van der Waals surface area contributed by atoms with Crippen LogP contribution in [0.5, 0.6) is 11.6 Å². The molecule has 2 N–H and O–H groups in total. The first-order valence-electron chi connectivity index (χ1n) is 3.77. The molecule has 13 heavy (non-hydrogen) atoms. The molecule has 0 aromatic carbocycles. The summed E-state index contributed by atoms with van der Waals surface area (Å²) < 4.78 is 4.95. The van der Waals surface area contributed by atoms with Crippen molar-refractivity contribution < 1.29 is 20.1 Å². The molecule has 0 amide bonds. The van der Waals surface area contributed by atoms with Crippen molar-refractivity contribution in [3.05, 3.63) is 18.3 Å². The van der Waals surface area contributed by atoms with E-state index in [1.807, 2.05) is 0 Å². The fraction of sp³-hybridized carbons (Fsp3) is 0.375. The van der Waals surface area contributed by atoms with Crippen LogP contribution in [0.15, 0.2) is 18.3 Å². The van der Waals surface area contributed by atoms with Gasteiger partial charge < -0.3 is 14.9 Å². The minimum atomic E-state index is -0.922. The Morgan fingerprint density at radius 1 is 1.54 bits per heavy atom. The Balaban J connectivity index is 2.41. The monoisotopic (exact) mass is 184 g/mol. The van der Waals surface area contributed by atoms with Gasteiger partial charge in [0, 0.05) is 6.07 Å². The predicted molar refractivity (Wildman–Crippen MR) is 43.0 cm³/mol. The van der Waals surface area contributed by atoms with E-state index >= 15 is 0 Å². The number of nitrogens with zero attached hydrogens (tertiary/aromatic N) is 1. The normalized spacial score (nSPS) is 12.5. The molecule has 1 aromatic rings. The summed E-state index contributed by atoms with van der Waals surface area (Å²) in [6.45, 7) is -0.401. The minimum Gasteiger partial charge on any atom is -0.475 e. The second kappa shape index (κ2) is 4.64. The van der Waals surface area contributed by atoms with Crippen LogP contribution in [0.25, 0.3) is 0 Å². The number of rotatable bonds is 4. The highest BCUT2D eigenvalue weighted by Crippen LogP contribution is 2.12. The lowest BCUT2D eigenvalue weighted by atomic mass is 10.4. The predicted octanol–water partition coefficient (Wildman–Crippen LogP) is -0.0426. The van der Waals surface area contributed by atoms with Crippen LogP contribution in [0.2, 0.25) is 0 Å². The van der Waals surface area contributed by atoms with Gasteiger partial charge in [-0.25, -0.2) is 4.98 Å². The Kier molecular flexibility index (Phi) is 3.48. The molecule has 0 fully saturated rings. The third-order valence-electron chi connectivity index (χ3n) is 1.34. The number of ether oxygens (including phenoxy) is 1. The van der Waals surface area contributed by atoms with Gasteiger partial charge in [0.15, 0.2) is 5.75 Å². The van der Waals surface area contributed by atoms with Crippen molar-refractivity contribution in [2.24, 2.45) is 0 Å². The lowest BCUT2D eigenvalue weighted by Gasteiger charge is -2.07. The third-order valence-corrected chi connectivity index (χ3v) is 1.34. The van der Waals surface area contributed by atoms with E-state index < -0.39 is 6.10 Å². The molecule has 0 saturated carbocycles. The Morgan fingerprint density at radius 2 is 2.31 bits per heavy atom. The van der Waals surface area contributed by atoms with Gasteiger partial charge in [-0.05, 0) is 6.07 Å². The molecule has 5 heteroatoms. The van der Waals surface area contributed by atoms with Crippen LogP contribution in [0, 0.1) is 0 Å². The maximum absolute atomic E-state index is 10.6. The molecular weight excluding hydrogens is 174 g/mol. The summed E-state index contributed by atoms with van der Waals surface area (Å²) in [6, 6.07) is 2.72. The number of hydrogen-bond donors (Lipinski definition) is 2. The van der Waals surface area contributed by atoms with Crippen molar-refractivity contribution in [3.63, 3.8) is 0 Å². The van der Waals surface area contributed by atoms with E-state index in [0.717, 1.165) is 6.20 Å². The van der Waals surface area contributed by atoms with Gasteiger partial charge >= 0.3 is 0 Å². The zero-order valence-corrected chi connectivity index (χ0v) is 6.88. The molecule has 71 valence electrons. The lowest BCUT2D eigenvalue weighted by Crippen LogP contribution is -2.21. The van der Waals surface area contributed by atoms with Gasteiger partial charge in [-0.1, -0.05) is 0 Å². The fourth-order valence-corrected chi connectivity index (χ4v) is 0.686. The summed E-state index contributed by atoms with van der Waals surface area (Å²) in [6.07, 6.45) is 0.203. The molecule has 0 bridgehead atoms. The van der Waals surface area contributed by atoms with Crippen molar-refractivity contribution >= 4 is 0 Å². The van der Waals surface area contributed by atoms with E-state index in [1.165, 1.54) is 12.1 Å². The third kappa shape index (κ3) is 3.27. The second-order valence-corrected chi connectivity index (χ2v) is 2.48. The largest absolute Gasteiger partial charge is 0.475 e. The van der Waals surface area contributed by atoms with Gasteiger partial charge in [-0.15, -0.1) is 0 Å². The maximum Gasteiger partial charge on any atom is 0.213 e. The molecule has 1 atom stereocenters. The zero-order valence-electron chi connectivity index (χ0n) is 6.88. The van der Waals surface area contributed by atoms with E-state index in [1.54, 1.807) is 0 Å². The lowest BCUT2D eigenvalue weighted by molar-refractivity contribution is 0.0520. The number of aliphatic hydroxyl groups excluding tert-OH is 2. The average Bonchev–Trinajstić information content (AvgIpc) is 2.16. The van der Waals surface area contributed by atoms with Crippen molar-refractivity contribution in [1.29, 1.82) is 0 Å². The highest BCUT2D eigenvalue weighted by molar-refractivity contribution is 5.20. The van der Waals surface area contributed by atoms with Crippen molar-refractivity contribution in [1.82, 2.24) is 4.98 Å². The molecular formula is C8H10NO4. The first-order chi connectivity index (χ1) is 6.22. The highest BCUT2D eigenvalue weighted by Gasteiger charge is 2.03. The Morgan fingerprint density at radius 3 is 2.85 bits per heavy atom. The van der Waals surface area contributed by atoms with Crippen molar-refractivity contribution in [2.45, 2.75) is 6.10 Å². The van der Waals surface area contributed by atoms with Crippen LogP contribution >= 0.6 is 0 Å². The molecule has 5 nitrogen and oxygen atoms in total. The van der Waals surface area contributed by atoms with Crippen LogP contribution in [-0.4, -0.2) is 34.5 Å². The smallest absolute Gasteiger partial charge is 0.213 e. The summed E-state index contributed by atoms with van der Waals surface area (Å²) in [5.74, 6) is 0.0576. The van der Waals surface area contributed by atoms with Crippen molar-refractivity contribution in [2.75, 3.05) is 13.2 Å². The summed E-state index contributed by atoms with van der Waals surface area (Å²) in [4.78, 5) is 3.66.